The fourth-order valence-electron chi connectivity index (χ4n) is 1.51. The van der Waals surface area contributed by atoms with Gasteiger partial charge in [0.05, 0.1) is 6.54 Å². The van der Waals surface area contributed by atoms with E-state index in [4.69, 9.17) is 0 Å². The minimum absolute atomic E-state index is 0.0186. The summed E-state index contributed by atoms with van der Waals surface area (Å²) in [5, 5.41) is 2.89. The molecule has 0 saturated heterocycles. The molecule has 0 aliphatic rings. The summed E-state index contributed by atoms with van der Waals surface area (Å²) < 4.78 is 12.9. The Hall–Kier alpha value is -2.16. The standard InChI is InChI=1S/C14H12FNO/c15-12-7-4-8-13(9-12)16-10-14(17)11-5-2-1-3-6-11/h1-9,16H,10H2. The van der Waals surface area contributed by atoms with Gasteiger partial charge in [-0.05, 0) is 18.2 Å². The van der Waals surface area contributed by atoms with E-state index in [1.54, 1.807) is 24.3 Å². The molecule has 0 atom stereocenters. The quantitative estimate of drug-likeness (QED) is 0.816. The molecule has 2 nitrogen and oxygen atoms in total. The topological polar surface area (TPSA) is 29.1 Å². The van der Waals surface area contributed by atoms with Gasteiger partial charge in [0.25, 0.3) is 0 Å². The van der Waals surface area contributed by atoms with Crippen molar-refractivity contribution in [2.75, 3.05) is 11.9 Å². The zero-order chi connectivity index (χ0) is 12.1. The Morgan fingerprint density at radius 1 is 1.06 bits per heavy atom. The van der Waals surface area contributed by atoms with Crippen LogP contribution >= 0.6 is 0 Å². The zero-order valence-corrected chi connectivity index (χ0v) is 9.19. The van der Waals surface area contributed by atoms with Crippen LogP contribution in [0.15, 0.2) is 54.6 Å². The first kappa shape index (κ1) is 11.3. The summed E-state index contributed by atoms with van der Waals surface area (Å²) in [4.78, 5) is 11.7. The van der Waals surface area contributed by atoms with Gasteiger partial charge in [-0.15, -0.1) is 0 Å². The predicted octanol–water partition coefficient (Wildman–Crippen LogP) is 3.12. The van der Waals surface area contributed by atoms with E-state index >= 15 is 0 Å². The molecule has 0 amide bonds. The van der Waals surface area contributed by atoms with Crippen LogP contribution in [0.4, 0.5) is 10.1 Å². The van der Waals surface area contributed by atoms with Gasteiger partial charge in [0, 0.05) is 11.3 Å². The van der Waals surface area contributed by atoms with Gasteiger partial charge in [0.1, 0.15) is 5.82 Å². The molecule has 0 spiro atoms. The van der Waals surface area contributed by atoms with Crippen molar-refractivity contribution >= 4 is 11.5 Å². The van der Waals surface area contributed by atoms with E-state index in [1.165, 1.54) is 12.1 Å². The van der Waals surface area contributed by atoms with Crippen molar-refractivity contribution in [1.82, 2.24) is 0 Å². The summed E-state index contributed by atoms with van der Waals surface area (Å²) in [7, 11) is 0. The van der Waals surface area contributed by atoms with Crippen molar-refractivity contribution in [3.8, 4) is 0 Å². The number of ketones is 1. The molecule has 86 valence electrons. The van der Waals surface area contributed by atoms with Crippen LogP contribution in [0.1, 0.15) is 10.4 Å². The van der Waals surface area contributed by atoms with Crippen LogP contribution in [0.5, 0.6) is 0 Å². The van der Waals surface area contributed by atoms with Crippen molar-refractivity contribution in [2.24, 2.45) is 0 Å². The number of hydrogen-bond acceptors (Lipinski definition) is 2. The smallest absolute Gasteiger partial charge is 0.181 e. The number of hydrogen-bond donors (Lipinski definition) is 1. The third kappa shape index (κ3) is 3.14. The van der Waals surface area contributed by atoms with Crippen LogP contribution in [0.2, 0.25) is 0 Å². The van der Waals surface area contributed by atoms with Crippen LogP contribution in [0.3, 0.4) is 0 Å². The number of anilines is 1. The molecule has 0 radical (unpaired) electrons. The van der Waals surface area contributed by atoms with E-state index in [1.807, 2.05) is 18.2 Å². The number of rotatable bonds is 4. The number of carbonyl (C=O) groups is 1. The molecule has 0 heterocycles. The van der Waals surface area contributed by atoms with Gasteiger partial charge >= 0.3 is 0 Å². The van der Waals surface area contributed by atoms with E-state index in [9.17, 15) is 9.18 Å². The summed E-state index contributed by atoms with van der Waals surface area (Å²) in [5.41, 5.74) is 1.26. The Balaban J connectivity index is 1.97. The molecule has 1 N–H and O–H groups in total. The summed E-state index contributed by atoms with van der Waals surface area (Å²) >= 11 is 0. The van der Waals surface area contributed by atoms with Gasteiger partial charge in [-0.2, -0.15) is 0 Å². The Morgan fingerprint density at radius 2 is 1.82 bits per heavy atom. The monoisotopic (exact) mass is 229 g/mol. The Morgan fingerprint density at radius 3 is 2.53 bits per heavy atom. The molecular formula is C14H12FNO. The highest BCUT2D eigenvalue weighted by atomic mass is 19.1. The minimum atomic E-state index is -0.317. The number of benzene rings is 2. The maximum atomic E-state index is 12.9. The van der Waals surface area contributed by atoms with Crippen LogP contribution in [-0.4, -0.2) is 12.3 Å². The number of Topliss-reactive ketones (excluding diaryl/α,β-unsaturated/α-hetero) is 1. The lowest BCUT2D eigenvalue weighted by Crippen LogP contribution is -2.13. The molecule has 3 heteroatoms. The lowest BCUT2D eigenvalue weighted by atomic mass is 10.1. The molecule has 0 aromatic heterocycles. The predicted molar refractivity (Wildman–Crippen MR) is 65.7 cm³/mol. The lowest BCUT2D eigenvalue weighted by Gasteiger charge is -2.05. The largest absolute Gasteiger partial charge is 0.377 e. The van der Waals surface area contributed by atoms with Gasteiger partial charge < -0.3 is 5.32 Å². The Labute approximate surface area is 99.1 Å². The second-order valence-electron chi connectivity index (χ2n) is 3.65. The lowest BCUT2D eigenvalue weighted by molar-refractivity contribution is 0.101. The normalized spacial score (nSPS) is 9.94. The maximum Gasteiger partial charge on any atom is 0.181 e. The molecule has 2 aromatic carbocycles. The minimum Gasteiger partial charge on any atom is -0.377 e. The first-order valence-electron chi connectivity index (χ1n) is 5.33. The zero-order valence-electron chi connectivity index (χ0n) is 9.19. The third-order valence-electron chi connectivity index (χ3n) is 2.37. The first-order chi connectivity index (χ1) is 8.25. The molecule has 2 rings (SSSR count). The fraction of sp³-hybridized carbons (Fsp3) is 0.0714. The van der Waals surface area contributed by atoms with E-state index in [-0.39, 0.29) is 18.1 Å². The van der Waals surface area contributed by atoms with E-state index in [2.05, 4.69) is 5.32 Å². The van der Waals surface area contributed by atoms with Crippen LogP contribution in [0, 0.1) is 5.82 Å². The average Bonchev–Trinajstić information content (AvgIpc) is 2.37. The van der Waals surface area contributed by atoms with Gasteiger partial charge in [0.15, 0.2) is 5.78 Å². The third-order valence-corrected chi connectivity index (χ3v) is 2.37. The molecule has 2 aromatic rings. The summed E-state index contributed by atoms with van der Waals surface area (Å²) in [6.07, 6.45) is 0. The van der Waals surface area contributed by atoms with Gasteiger partial charge in [-0.1, -0.05) is 36.4 Å². The first-order valence-corrected chi connectivity index (χ1v) is 5.33. The molecule has 0 aliphatic heterocycles. The molecule has 0 unspecified atom stereocenters. The summed E-state index contributed by atoms with van der Waals surface area (Å²) in [5.74, 6) is -0.336. The summed E-state index contributed by atoms with van der Waals surface area (Å²) in [6.45, 7) is 0.160. The molecule has 0 bridgehead atoms. The summed E-state index contributed by atoms with van der Waals surface area (Å²) in [6, 6.07) is 15.1. The van der Waals surface area contributed by atoms with Crippen LogP contribution in [0.25, 0.3) is 0 Å². The second kappa shape index (κ2) is 5.25. The molecule has 0 saturated carbocycles. The molecular weight excluding hydrogens is 217 g/mol. The number of carbonyl (C=O) groups excluding carboxylic acids is 1. The van der Waals surface area contributed by atoms with Gasteiger partial charge in [-0.25, -0.2) is 4.39 Å². The van der Waals surface area contributed by atoms with Crippen LogP contribution in [-0.2, 0) is 0 Å². The molecule has 0 aliphatic carbocycles. The van der Waals surface area contributed by atoms with Gasteiger partial charge in [-0.3, -0.25) is 4.79 Å². The SMILES string of the molecule is O=C(CNc1cccc(F)c1)c1ccccc1. The highest BCUT2D eigenvalue weighted by Gasteiger charge is 2.04. The van der Waals surface area contributed by atoms with E-state index in [0.29, 0.717) is 11.3 Å². The molecule has 0 fully saturated rings. The van der Waals surface area contributed by atoms with Crippen molar-refractivity contribution in [1.29, 1.82) is 0 Å². The highest BCUT2D eigenvalue weighted by Crippen LogP contribution is 2.09. The van der Waals surface area contributed by atoms with E-state index < -0.39 is 0 Å². The second-order valence-corrected chi connectivity index (χ2v) is 3.65. The van der Waals surface area contributed by atoms with Crippen molar-refractivity contribution in [2.45, 2.75) is 0 Å². The highest BCUT2D eigenvalue weighted by molar-refractivity contribution is 5.98. The Kier molecular flexibility index (Phi) is 3.50. The Bertz CT molecular complexity index is 511. The van der Waals surface area contributed by atoms with Crippen molar-refractivity contribution < 1.29 is 9.18 Å². The van der Waals surface area contributed by atoms with Gasteiger partial charge in [0.2, 0.25) is 0 Å². The molecule has 17 heavy (non-hydrogen) atoms. The number of nitrogens with one attached hydrogen (secondary N) is 1. The number of halogens is 1. The maximum absolute atomic E-state index is 12.9. The average molecular weight is 229 g/mol. The fourth-order valence-corrected chi connectivity index (χ4v) is 1.51. The van der Waals surface area contributed by atoms with Crippen LogP contribution < -0.4 is 5.32 Å². The van der Waals surface area contributed by atoms with E-state index in [0.717, 1.165) is 0 Å². The van der Waals surface area contributed by atoms with Crippen molar-refractivity contribution in [3.05, 3.63) is 66.0 Å². The van der Waals surface area contributed by atoms with Crippen molar-refractivity contribution in [3.63, 3.8) is 0 Å².